The van der Waals surface area contributed by atoms with E-state index >= 15 is 0 Å². The Hall–Kier alpha value is 0.0700. The number of rotatable bonds is 2. The molecule has 3 rings (SSSR count). The van der Waals surface area contributed by atoms with Gasteiger partial charge in [0.25, 0.3) is 0 Å². The molecule has 12 heavy (non-hydrogen) atoms. The molecular formula is C7H12ClF2NO. The van der Waals surface area contributed by atoms with Crippen molar-refractivity contribution in [1.82, 2.24) is 0 Å². The molecule has 0 radical (unpaired) electrons. The van der Waals surface area contributed by atoms with E-state index in [2.05, 4.69) is 0 Å². The van der Waals surface area contributed by atoms with E-state index in [0.717, 1.165) is 0 Å². The van der Waals surface area contributed by atoms with Gasteiger partial charge in [0, 0.05) is 6.54 Å². The smallest absolute Gasteiger partial charge is 0.246 e. The molecule has 0 unspecified atom stereocenters. The molecule has 3 fully saturated rings. The molecule has 2 bridgehead atoms. The molecule has 2 heterocycles. The van der Waals surface area contributed by atoms with Crippen LogP contribution >= 0.6 is 12.4 Å². The number of nitrogens with two attached hydrogens (primary N) is 1. The molecule has 5 heteroatoms. The second kappa shape index (κ2) is 2.79. The highest BCUT2D eigenvalue weighted by Crippen LogP contribution is 2.60. The summed E-state index contributed by atoms with van der Waals surface area (Å²) in [7, 11) is 0. The van der Waals surface area contributed by atoms with Crippen molar-refractivity contribution in [3.63, 3.8) is 0 Å². The quantitative estimate of drug-likeness (QED) is 0.725. The number of halogens is 3. The first kappa shape index (κ1) is 10.2. The van der Waals surface area contributed by atoms with Crippen LogP contribution < -0.4 is 5.73 Å². The fraction of sp³-hybridized carbons (Fsp3) is 1.00. The first-order valence-electron chi connectivity index (χ1n) is 3.75. The van der Waals surface area contributed by atoms with Crippen LogP contribution in [-0.4, -0.2) is 25.2 Å². The highest BCUT2D eigenvalue weighted by Gasteiger charge is 2.65. The molecule has 0 spiro atoms. The summed E-state index contributed by atoms with van der Waals surface area (Å²) in [6.07, 6.45) is -1.34. The van der Waals surface area contributed by atoms with Crippen molar-refractivity contribution < 1.29 is 13.5 Å². The molecule has 0 aromatic rings. The first-order valence-corrected chi connectivity index (χ1v) is 3.75. The number of alkyl halides is 2. The van der Waals surface area contributed by atoms with Gasteiger partial charge in [0.2, 0.25) is 6.43 Å². The van der Waals surface area contributed by atoms with Crippen LogP contribution in [0, 0.1) is 5.41 Å². The van der Waals surface area contributed by atoms with Crippen molar-refractivity contribution >= 4 is 12.4 Å². The van der Waals surface area contributed by atoms with Crippen LogP contribution in [0.3, 0.4) is 0 Å². The van der Waals surface area contributed by atoms with Crippen LogP contribution in [0.5, 0.6) is 0 Å². The zero-order valence-corrected chi connectivity index (χ0v) is 7.37. The Morgan fingerprint density at radius 1 is 1.42 bits per heavy atom. The highest BCUT2D eigenvalue weighted by atomic mass is 35.5. The number of hydrogen-bond acceptors (Lipinski definition) is 2. The summed E-state index contributed by atoms with van der Waals surface area (Å²) in [6.45, 7) is 0.573. The lowest BCUT2D eigenvalue weighted by atomic mass is 9.63. The van der Waals surface area contributed by atoms with Crippen LogP contribution in [0.1, 0.15) is 12.8 Å². The van der Waals surface area contributed by atoms with Crippen molar-refractivity contribution in [1.29, 1.82) is 0 Å². The van der Waals surface area contributed by atoms with Crippen molar-refractivity contribution in [2.24, 2.45) is 11.1 Å². The van der Waals surface area contributed by atoms with E-state index in [4.69, 9.17) is 10.5 Å². The van der Waals surface area contributed by atoms with Gasteiger partial charge in [-0.2, -0.15) is 0 Å². The van der Waals surface area contributed by atoms with Crippen LogP contribution in [0.15, 0.2) is 0 Å². The summed E-state index contributed by atoms with van der Waals surface area (Å²) in [5.41, 5.74) is 4.18. The van der Waals surface area contributed by atoms with E-state index in [-0.39, 0.29) is 24.6 Å². The Morgan fingerprint density at radius 3 is 2.25 bits per heavy atom. The minimum absolute atomic E-state index is 0. The van der Waals surface area contributed by atoms with Crippen LogP contribution in [0.25, 0.3) is 0 Å². The third-order valence-corrected chi connectivity index (χ3v) is 2.85. The largest absolute Gasteiger partial charge is 0.373 e. The van der Waals surface area contributed by atoms with Crippen molar-refractivity contribution in [2.45, 2.75) is 24.9 Å². The summed E-state index contributed by atoms with van der Waals surface area (Å²) >= 11 is 0. The molecule has 3 aliphatic rings. The molecule has 2 saturated heterocycles. The van der Waals surface area contributed by atoms with Crippen LogP contribution in [0.2, 0.25) is 0 Å². The standard InChI is InChI=1S/C7H11F2NO.ClH/c8-5(9)6-1-7(2-6,3-10)11-4-6;/h5H,1-4,10H2;1H. The highest BCUT2D eigenvalue weighted by molar-refractivity contribution is 5.85. The van der Waals surface area contributed by atoms with Crippen LogP contribution in [0.4, 0.5) is 8.78 Å². The Labute approximate surface area is 75.9 Å². The summed E-state index contributed by atoms with van der Waals surface area (Å²) in [5.74, 6) is 0. The van der Waals surface area contributed by atoms with E-state index in [1.165, 1.54) is 0 Å². The van der Waals surface area contributed by atoms with Crippen LogP contribution in [-0.2, 0) is 4.74 Å². The molecule has 2 nitrogen and oxygen atoms in total. The first-order chi connectivity index (χ1) is 5.13. The fourth-order valence-electron chi connectivity index (χ4n) is 2.15. The van der Waals surface area contributed by atoms with Gasteiger partial charge in [-0.05, 0) is 12.8 Å². The van der Waals surface area contributed by atoms with Crippen molar-refractivity contribution in [3.8, 4) is 0 Å². The predicted octanol–water partition coefficient (Wildman–Crippen LogP) is 1.18. The van der Waals surface area contributed by atoms with E-state index in [1.54, 1.807) is 0 Å². The molecule has 1 aliphatic carbocycles. The molecule has 0 amide bonds. The molecule has 0 atom stereocenters. The summed E-state index contributed by atoms with van der Waals surface area (Å²) in [4.78, 5) is 0. The monoisotopic (exact) mass is 199 g/mol. The third kappa shape index (κ3) is 1.05. The topological polar surface area (TPSA) is 35.2 Å². The van der Waals surface area contributed by atoms with Crippen molar-refractivity contribution in [3.05, 3.63) is 0 Å². The minimum Gasteiger partial charge on any atom is -0.373 e. The van der Waals surface area contributed by atoms with Gasteiger partial charge < -0.3 is 10.5 Å². The number of fused-ring (bicyclic) bond motifs is 1. The second-order valence-electron chi connectivity index (χ2n) is 3.69. The summed E-state index contributed by atoms with van der Waals surface area (Å²) in [5, 5.41) is 0. The normalized spacial score (nSPS) is 44.0. The van der Waals surface area contributed by atoms with Gasteiger partial charge in [-0.3, -0.25) is 0 Å². The second-order valence-corrected chi connectivity index (χ2v) is 3.69. The molecule has 1 saturated carbocycles. The van der Waals surface area contributed by atoms with E-state index < -0.39 is 11.8 Å². The SMILES string of the molecule is Cl.NCC12CC(C(F)F)(CO1)C2. The molecule has 72 valence electrons. The van der Waals surface area contributed by atoms with Crippen molar-refractivity contribution in [2.75, 3.05) is 13.2 Å². The van der Waals surface area contributed by atoms with Gasteiger partial charge in [0.15, 0.2) is 0 Å². The predicted molar refractivity (Wildman–Crippen MR) is 42.7 cm³/mol. The summed E-state index contributed by atoms with van der Waals surface area (Å²) < 4.78 is 29.9. The zero-order chi connectivity index (χ0) is 8.11. The lowest BCUT2D eigenvalue weighted by molar-refractivity contribution is -0.0698. The molecular weight excluding hydrogens is 188 g/mol. The zero-order valence-electron chi connectivity index (χ0n) is 6.56. The lowest BCUT2D eigenvalue weighted by Gasteiger charge is -2.43. The Bertz CT molecular complexity index is 182. The molecule has 0 aromatic carbocycles. The average molecular weight is 200 g/mol. The van der Waals surface area contributed by atoms with Gasteiger partial charge in [-0.1, -0.05) is 0 Å². The third-order valence-electron chi connectivity index (χ3n) is 2.85. The van der Waals surface area contributed by atoms with E-state index in [9.17, 15) is 8.78 Å². The average Bonchev–Trinajstić information content (AvgIpc) is 2.39. The number of hydrogen-bond donors (Lipinski definition) is 1. The van der Waals surface area contributed by atoms with Gasteiger partial charge >= 0.3 is 0 Å². The Balaban J connectivity index is 0.000000720. The molecule has 2 aliphatic heterocycles. The van der Waals surface area contributed by atoms with E-state index in [0.29, 0.717) is 19.4 Å². The Morgan fingerprint density at radius 2 is 2.00 bits per heavy atom. The van der Waals surface area contributed by atoms with Gasteiger partial charge in [0.1, 0.15) is 0 Å². The molecule has 0 aromatic heterocycles. The fourth-order valence-corrected chi connectivity index (χ4v) is 2.15. The Kier molecular flexibility index (Phi) is 2.36. The van der Waals surface area contributed by atoms with Gasteiger partial charge in [-0.15, -0.1) is 12.4 Å². The van der Waals surface area contributed by atoms with Gasteiger partial charge in [-0.25, -0.2) is 8.78 Å². The maximum absolute atomic E-state index is 12.3. The maximum Gasteiger partial charge on any atom is 0.246 e. The minimum atomic E-state index is -2.25. The maximum atomic E-state index is 12.3. The van der Waals surface area contributed by atoms with E-state index in [1.807, 2.05) is 0 Å². The number of ether oxygens (including phenoxy) is 1. The summed E-state index contributed by atoms with van der Waals surface area (Å²) in [6, 6.07) is 0. The molecule has 2 N–H and O–H groups in total. The van der Waals surface area contributed by atoms with Gasteiger partial charge in [0.05, 0.1) is 17.6 Å². The lowest BCUT2D eigenvalue weighted by Crippen LogP contribution is -2.52.